The number of hydrogen-bond acceptors (Lipinski definition) is 0. The van der Waals surface area contributed by atoms with Gasteiger partial charge in [-0.1, -0.05) is 61.0 Å². The molecular formula is C27H26ClF3. The van der Waals surface area contributed by atoms with Gasteiger partial charge in [0.25, 0.3) is 0 Å². The Bertz CT molecular complexity index is 1020. The van der Waals surface area contributed by atoms with Gasteiger partial charge in [-0.2, -0.15) is 0 Å². The maximum Gasteiger partial charge on any atom is 0.145 e. The molecule has 1 aliphatic carbocycles. The van der Waals surface area contributed by atoms with Gasteiger partial charge in [-0.15, -0.1) is 0 Å². The van der Waals surface area contributed by atoms with Gasteiger partial charge in [0.05, 0.1) is 0 Å². The molecule has 0 spiro atoms. The number of hydrogen-bond donors (Lipinski definition) is 0. The van der Waals surface area contributed by atoms with Crippen LogP contribution >= 0.6 is 11.6 Å². The van der Waals surface area contributed by atoms with Gasteiger partial charge in [0.1, 0.15) is 22.5 Å². The van der Waals surface area contributed by atoms with Crippen LogP contribution in [0.1, 0.15) is 62.0 Å². The Morgan fingerprint density at radius 3 is 2.10 bits per heavy atom. The summed E-state index contributed by atoms with van der Waals surface area (Å²) in [5, 5.41) is -0.570. The molecule has 0 saturated heterocycles. The summed E-state index contributed by atoms with van der Waals surface area (Å²) in [5.74, 6) is -0.675. The standard InChI is InChI=1S/C27H26ClF3/c1-17(19-5-3-2-4-6-19)13-18-7-9-20(10-8-18)21-11-12-23(24(29)14-21)22-15-25(30)27(28)26(31)16-22/h2-6,11-12,14-18,20H,7-10,13H2,1H3. The van der Waals surface area contributed by atoms with Crippen LogP contribution in [0, 0.1) is 23.4 Å². The molecule has 0 bridgehead atoms. The van der Waals surface area contributed by atoms with Crippen molar-refractivity contribution >= 4 is 11.6 Å². The van der Waals surface area contributed by atoms with E-state index in [4.69, 9.17) is 11.6 Å². The third kappa shape index (κ3) is 4.98. The summed E-state index contributed by atoms with van der Waals surface area (Å²) in [6.07, 6.45) is 5.53. The van der Waals surface area contributed by atoms with Gasteiger partial charge >= 0.3 is 0 Å². The fraction of sp³-hybridized carbons (Fsp3) is 0.333. The van der Waals surface area contributed by atoms with Crippen molar-refractivity contribution in [3.05, 3.63) is 94.3 Å². The van der Waals surface area contributed by atoms with Crippen molar-refractivity contribution in [1.82, 2.24) is 0 Å². The highest BCUT2D eigenvalue weighted by atomic mass is 35.5. The number of halogens is 4. The van der Waals surface area contributed by atoms with Crippen molar-refractivity contribution in [2.45, 2.75) is 50.9 Å². The van der Waals surface area contributed by atoms with Crippen LogP contribution in [0.5, 0.6) is 0 Å². The van der Waals surface area contributed by atoms with E-state index in [1.54, 1.807) is 6.07 Å². The largest absolute Gasteiger partial charge is 0.206 e. The van der Waals surface area contributed by atoms with Gasteiger partial charge in [-0.25, -0.2) is 13.2 Å². The maximum absolute atomic E-state index is 14.8. The zero-order valence-corrected chi connectivity index (χ0v) is 18.3. The van der Waals surface area contributed by atoms with Gasteiger partial charge in [0.2, 0.25) is 0 Å². The average Bonchev–Trinajstić information content (AvgIpc) is 2.78. The van der Waals surface area contributed by atoms with Crippen LogP contribution in [0.15, 0.2) is 60.7 Å². The van der Waals surface area contributed by atoms with Gasteiger partial charge < -0.3 is 0 Å². The molecule has 3 aromatic carbocycles. The molecule has 0 N–H and O–H groups in total. The molecule has 0 heterocycles. The highest BCUT2D eigenvalue weighted by Crippen LogP contribution is 2.40. The van der Waals surface area contributed by atoms with Crippen LogP contribution in [0.4, 0.5) is 13.2 Å². The Kier molecular flexibility index (Phi) is 6.71. The summed E-state index contributed by atoms with van der Waals surface area (Å²) < 4.78 is 42.4. The van der Waals surface area contributed by atoms with E-state index in [0.29, 0.717) is 17.8 Å². The van der Waals surface area contributed by atoms with Crippen molar-refractivity contribution in [2.75, 3.05) is 0 Å². The van der Waals surface area contributed by atoms with Gasteiger partial charge in [-0.3, -0.25) is 0 Å². The first-order chi connectivity index (χ1) is 14.9. The lowest BCUT2D eigenvalue weighted by Gasteiger charge is -2.30. The first kappa shape index (κ1) is 22.0. The van der Waals surface area contributed by atoms with E-state index in [2.05, 4.69) is 31.2 Å². The second-order valence-corrected chi connectivity index (χ2v) is 9.14. The molecule has 1 saturated carbocycles. The Morgan fingerprint density at radius 2 is 1.48 bits per heavy atom. The fourth-order valence-electron chi connectivity index (χ4n) is 4.88. The summed E-state index contributed by atoms with van der Waals surface area (Å²) in [6, 6.07) is 17.8. The van der Waals surface area contributed by atoms with E-state index in [1.165, 1.54) is 18.1 Å². The lowest BCUT2D eigenvalue weighted by atomic mass is 9.75. The summed E-state index contributed by atoms with van der Waals surface area (Å²) in [5.41, 5.74) is 2.69. The average molecular weight is 443 g/mol. The molecule has 0 amide bonds. The SMILES string of the molecule is CC(CC1CCC(c2ccc(-c3cc(F)c(Cl)c(F)c3)c(F)c2)CC1)c1ccccc1. The number of benzene rings is 3. The molecule has 31 heavy (non-hydrogen) atoms. The van der Waals surface area contributed by atoms with Crippen LogP contribution in [0.3, 0.4) is 0 Å². The Hall–Kier alpha value is -2.26. The van der Waals surface area contributed by atoms with Crippen molar-refractivity contribution in [3.63, 3.8) is 0 Å². The van der Waals surface area contributed by atoms with Crippen molar-refractivity contribution < 1.29 is 13.2 Å². The highest BCUT2D eigenvalue weighted by molar-refractivity contribution is 6.31. The van der Waals surface area contributed by atoms with Gasteiger partial charge in [-0.05, 0) is 84.7 Å². The van der Waals surface area contributed by atoms with E-state index in [9.17, 15) is 13.2 Å². The third-order valence-electron chi connectivity index (χ3n) is 6.66. The molecule has 3 aromatic rings. The van der Waals surface area contributed by atoms with Crippen LogP contribution in [-0.2, 0) is 0 Å². The zero-order chi connectivity index (χ0) is 22.0. The lowest BCUT2D eigenvalue weighted by molar-refractivity contribution is 0.297. The van der Waals surface area contributed by atoms with Crippen LogP contribution in [-0.4, -0.2) is 0 Å². The fourth-order valence-corrected chi connectivity index (χ4v) is 4.99. The summed E-state index contributed by atoms with van der Waals surface area (Å²) in [6.45, 7) is 2.29. The molecule has 4 rings (SSSR count). The van der Waals surface area contributed by atoms with Crippen molar-refractivity contribution in [3.8, 4) is 11.1 Å². The Balaban J connectivity index is 1.41. The maximum atomic E-state index is 14.8. The topological polar surface area (TPSA) is 0 Å². The zero-order valence-electron chi connectivity index (χ0n) is 17.6. The van der Waals surface area contributed by atoms with Crippen LogP contribution < -0.4 is 0 Å². The lowest BCUT2D eigenvalue weighted by Crippen LogP contribution is -2.15. The second-order valence-electron chi connectivity index (χ2n) is 8.76. The molecule has 1 fully saturated rings. The van der Waals surface area contributed by atoms with E-state index < -0.39 is 22.5 Å². The smallest absolute Gasteiger partial charge is 0.145 e. The number of rotatable bonds is 5. The van der Waals surface area contributed by atoms with E-state index >= 15 is 0 Å². The minimum Gasteiger partial charge on any atom is -0.206 e. The minimum absolute atomic E-state index is 0.155. The molecule has 0 aromatic heterocycles. The van der Waals surface area contributed by atoms with Crippen molar-refractivity contribution in [2.24, 2.45) is 5.92 Å². The molecule has 0 aliphatic heterocycles. The van der Waals surface area contributed by atoms with Gasteiger partial charge in [0.15, 0.2) is 0 Å². The second kappa shape index (κ2) is 9.48. The summed E-state index contributed by atoms with van der Waals surface area (Å²) in [7, 11) is 0. The van der Waals surface area contributed by atoms with Crippen LogP contribution in [0.2, 0.25) is 5.02 Å². The molecule has 1 atom stereocenters. The predicted octanol–water partition coefficient (Wildman–Crippen LogP) is 8.89. The first-order valence-electron chi connectivity index (χ1n) is 10.9. The summed E-state index contributed by atoms with van der Waals surface area (Å²) >= 11 is 5.54. The molecule has 0 radical (unpaired) electrons. The molecule has 4 heteroatoms. The Morgan fingerprint density at radius 1 is 0.839 bits per heavy atom. The molecule has 162 valence electrons. The monoisotopic (exact) mass is 442 g/mol. The van der Waals surface area contributed by atoms with E-state index in [0.717, 1.165) is 43.4 Å². The quantitative estimate of drug-likeness (QED) is 0.346. The van der Waals surface area contributed by atoms with E-state index in [1.807, 2.05) is 12.1 Å². The van der Waals surface area contributed by atoms with E-state index in [-0.39, 0.29) is 11.1 Å². The predicted molar refractivity (Wildman–Crippen MR) is 121 cm³/mol. The molecular weight excluding hydrogens is 417 g/mol. The van der Waals surface area contributed by atoms with Crippen LogP contribution in [0.25, 0.3) is 11.1 Å². The first-order valence-corrected chi connectivity index (χ1v) is 11.3. The Labute approximate surface area is 187 Å². The molecule has 1 aliphatic rings. The summed E-state index contributed by atoms with van der Waals surface area (Å²) in [4.78, 5) is 0. The molecule has 1 unspecified atom stereocenters. The normalized spacial score (nSPS) is 19.9. The van der Waals surface area contributed by atoms with Gasteiger partial charge in [0, 0.05) is 5.56 Å². The third-order valence-corrected chi connectivity index (χ3v) is 7.02. The molecule has 0 nitrogen and oxygen atoms in total. The minimum atomic E-state index is -0.886. The highest BCUT2D eigenvalue weighted by Gasteiger charge is 2.25. The van der Waals surface area contributed by atoms with Crippen molar-refractivity contribution in [1.29, 1.82) is 0 Å².